The quantitative estimate of drug-likeness (QED) is 0.811. The van der Waals surface area contributed by atoms with Crippen LogP contribution < -0.4 is 10.6 Å². The van der Waals surface area contributed by atoms with E-state index in [2.05, 4.69) is 15.6 Å². The Balaban J connectivity index is 1.92. The lowest BCUT2D eigenvalue weighted by Gasteiger charge is -2.13. The summed E-state index contributed by atoms with van der Waals surface area (Å²) in [5.41, 5.74) is 0.547. The molecule has 0 bridgehead atoms. The number of amides is 2. The Hall–Kier alpha value is -1.00. The van der Waals surface area contributed by atoms with Gasteiger partial charge in [0.25, 0.3) is 0 Å². The van der Waals surface area contributed by atoms with Crippen LogP contribution in [0.3, 0.4) is 0 Å². The maximum absolute atomic E-state index is 11.7. The molecule has 1 aromatic rings. The number of hydrogen-bond acceptors (Lipinski definition) is 2. The number of anilines is 1. The minimum atomic E-state index is -0.227. The van der Waals surface area contributed by atoms with E-state index in [-0.39, 0.29) is 22.4 Å². The van der Waals surface area contributed by atoms with Crippen LogP contribution in [0.4, 0.5) is 10.5 Å². The number of nitrogens with zero attached hydrogens (tertiary/aromatic N) is 1. The summed E-state index contributed by atoms with van der Waals surface area (Å²) in [7, 11) is 0. The van der Waals surface area contributed by atoms with Crippen LogP contribution in [-0.4, -0.2) is 17.1 Å². The van der Waals surface area contributed by atoms with Crippen molar-refractivity contribution in [3.05, 3.63) is 22.4 Å². The van der Waals surface area contributed by atoms with Crippen molar-refractivity contribution in [2.75, 3.05) is 5.32 Å². The lowest BCUT2D eigenvalue weighted by Crippen LogP contribution is -2.36. The summed E-state index contributed by atoms with van der Waals surface area (Å²) in [4.78, 5) is 15.5. The maximum atomic E-state index is 11.7. The molecule has 2 amide bonds. The van der Waals surface area contributed by atoms with E-state index in [9.17, 15) is 4.79 Å². The van der Waals surface area contributed by atoms with Gasteiger partial charge in [-0.3, -0.25) is 0 Å². The largest absolute Gasteiger partial charge is 0.335 e. The second kappa shape index (κ2) is 5.56. The fraction of sp³-hybridized carbons (Fsp3) is 0.455. The molecule has 1 aliphatic rings. The first kappa shape index (κ1) is 12.5. The summed E-state index contributed by atoms with van der Waals surface area (Å²) < 4.78 is 0. The van der Waals surface area contributed by atoms with Gasteiger partial charge >= 0.3 is 6.03 Å². The van der Waals surface area contributed by atoms with Gasteiger partial charge in [0.1, 0.15) is 10.3 Å². The molecule has 92 valence electrons. The van der Waals surface area contributed by atoms with Gasteiger partial charge in [-0.25, -0.2) is 9.78 Å². The van der Waals surface area contributed by atoms with Gasteiger partial charge in [0.2, 0.25) is 0 Å². The van der Waals surface area contributed by atoms with Crippen molar-refractivity contribution < 1.29 is 4.79 Å². The summed E-state index contributed by atoms with van der Waals surface area (Å²) in [5, 5.41) is 6.12. The molecule has 1 saturated carbocycles. The molecular weight excluding hydrogens is 261 g/mol. The van der Waals surface area contributed by atoms with Gasteiger partial charge in [0.05, 0.1) is 0 Å². The van der Waals surface area contributed by atoms with Crippen LogP contribution in [0.1, 0.15) is 25.7 Å². The second-order valence-corrected chi connectivity index (χ2v) is 4.86. The lowest BCUT2D eigenvalue weighted by molar-refractivity contribution is 0.248. The molecule has 0 spiro atoms. The zero-order valence-electron chi connectivity index (χ0n) is 9.17. The average molecular weight is 274 g/mol. The highest BCUT2D eigenvalue weighted by molar-refractivity contribution is 6.32. The first-order chi connectivity index (χ1) is 8.13. The van der Waals surface area contributed by atoms with Gasteiger partial charge in [-0.05, 0) is 25.0 Å². The Bertz CT molecular complexity index is 399. The first-order valence-corrected chi connectivity index (χ1v) is 6.30. The highest BCUT2D eigenvalue weighted by Gasteiger charge is 2.17. The molecule has 2 N–H and O–H groups in total. The Morgan fingerprint density at radius 2 is 1.82 bits per heavy atom. The number of pyridine rings is 1. The molecule has 1 heterocycles. The summed E-state index contributed by atoms with van der Waals surface area (Å²) in [6, 6.07) is 3.17. The molecule has 1 aliphatic carbocycles. The van der Waals surface area contributed by atoms with Crippen LogP contribution in [0.15, 0.2) is 12.1 Å². The van der Waals surface area contributed by atoms with Crippen molar-refractivity contribution in [1.29, 1.82) is 0 Å². The molecule has 4 nitrogen and oxygen atoms in total. The fourth-order valence-electron chi connectivity index (χ4n) is 1.96. The van der Waals surface area contributed by atoms with Crippen LogP contribution in [-0.2, 0) is 0 Å². The van der Waals surface area contributed by atoms with Crippen molar-refractivity contribution >= 4 is 34.9 Å². The van der Waals surface area contributed by atoms with E-state index in [4.69, 9.17) is 23.2 Å². The Morgan fingerprint density at radius 3 is 2.41 bits per heavy atom. The van der Waals surface area contributed by atoms with E-state index in [0.717, 1.165) is 12.8 Å². The zero-order valence-corrected chi connectivity index (χ0v) is 10.7. The molecule has 0 saturated heterocycles. The minimum absolute atomic E-state index is 0.227. The fourth-order valence-corrected chi connectivity index (χ4v) is 2.42. The predicted octanol–water partition coefficient (Wildman–Crippen LogP) is 3.45. The third-order valence-electron chi connectivity index (χ3n) is 2.71. The zero-order chi connectivity index (χ0) is 12.3. The van der Waals surface area contributed by atoms with E-state index in [1.165, 1.54) is 12.8 Å². The van der Waals surface area contributed by atoms with Crippen molar-refractivity contribution in [1.82, 2.24) is 10.3 Å². The van der Waals surface area contributed by atoms with E-state index < -0.39 is 0 Å². The highest BCUT2D eigenvalue weighted by atomic mass is 35.5. The number of hydrogen-bond donors (Lipinski definition) is 2. The summed E-state index contributed by atoms with van der Waals surface area (Å²) >= 11 is 11.5. The summed E-state index contributed by atoms with van der Waals surface area (Å²) in [6.07, 6.45) is 4.45. The number of rotatable bonds is 2. The number of urea groups is 1. The van der Waals surface area contributed by atoms with Gasteiger partial charge in [0, 0.05) is 11.7 Å². The van der Waals surface area contributed by atoms with E-state index in [1.54, 1.807) is 12.1 Å². The maximum Gasteiger partial charge on any atom is 0.319 e. The Morgan fingerprint density at radius 1 is 1.24 bits per heavy atom. The third-order valence-corrected chi connectivity index (χ3v) is 3.10. The van der Waals surface area contributed by atoms with Crippen molar-refractivity contribution in [3.63, 3.8) is 0 Å². The van der Waals surface area contributed by atoms with E-state index in [0.29, 0.717) is 5.69 Å². The number of halogens is 2. The van der Waals surface area contributed by atoms with Crippen LogP contribution in [0, 0.1) is 0 Å². The lowest BCUT2D eigenvalue weighted by atomic mass is 10.2. The summed E-state index contributed by atoms with van der Waals surface area (Å²) in [6.45, 7) is 0. The van der Waals surface area contributed by atoms with Crippen LogP contribution in [0.2, 0.25) is 10.3 Å². The second-order valence-electron chi connectivity index (χ2n) is 4.08. The van der Waals surface area contributed by atoms with Crippen LogP contribution in [0.5, 0.6) is 0 Å². The molecule has 1 aromatic heterocycles. The van der Waals surface area contributed by atoms with Crippen molar-refractivity contribution in [2.45, 2.75) is 31.7 Å². The number of carbonyl (C=O) groups is 1. The molecule has 0 aliphatic heterocycles. The number of carbonyl (C=O) groups excluding carboxylic acids is 1. The normalized spacial score (nSPS) is 15.9. The molecule has 0 aromatic carbocycles. The van der Waals surface area contributed by atoms with Crippen molar-refractivity contribution in [3.8, 4) is 0 Å². The molecule has 17 heavy (non-hydrogen) atoms. The van der Waals surface area contributed by atoms with Crippen LogP contribution in [0.25, 0.3) is 0 Å². The monoisotopic (exact) mass is 273 g/mol. The van der Waals surface area contributed by atoms with Crippen molar-refractivity contribution in [2.24, 2.45) is 0 Å². The van der Waals surface area contributed by atoms with Gasteiger partial charge in [0.15, 0.2) is 0 Å². The molecule has 6 heteroatoms. The molecule has 2 rings (SSSR count). The SMILES string of the molecule is O=C(Nc1cc(Cl)nc(Cl)c1)NC1CCCC1. The standard InChI is InChI=1S/C11H13Cl2N3O/c12-9-5-8(6-10(13)16-9)15-11(17)14-7-3-1-2-4-7/h5-7H,1-4H2,(H2,14,15,16,17). The average Bonchev–Trinajstić information content (AvgIpc) is 2.67. The predicted molar refractivity (Wildman–Crippen MR) is 68.7 cm³/mol. The highest BCUT2D eigenvalue weighted by Crippen LogP contribution is 2.20. The van der Waals surface area contributed by atoms with Gasteiger partial charge in [-0.1, -0.05) is 36.0 Å². The number of nitrogens with one attached hydrogen (secondary N) is 2. The molecule has 0 unspecified atom stereocenters. The Kier molecular flexibility index (Phi) is 4.07. The van der Waals surface area contributed by atoms with Gasteiger partial charge in [-0.15, -0.1) is 0 Å². The first-order valence-electron chi connectivity index (χ1n) is 5.54. The van der Waals surface area contributed by atoms with E-state index in [1.807, 2.05) is 0 Å². The minimum Gasteiger partial charge on any atom is -0.335 e. The molecular formula is C11H13Cl2N3O. The third kappa shape index (κ3) is 3.75. The Labute approximate surface area is 110 Å². The number of aromatic nitrogens is 1. The van der Waals surface area contributed by atoms with Gasteiger partial charge in [-0.2, -0.15) is 0 Å². The topological polar surface area (TPSA) is 54.0 Å². The molecule has 1 fully saturated rings. The molecule has 0 atom stereocenters. The van der Waals surface area contributed by atoms with Gasteiger partial charge < -0.3 is 10.6 Å². The van der Waals surface area contributed by atoms with Crippen LogP contribution >= 0.6 is 23.2 Å². The molecule has 0 radical (unpaired) electrons. The van der Waals surface area contributed by atoms with E-state index >= 15 is 0 Å². The smallest absolute Gasteiger partial charge is 0.319 e. The summed E-state index contributed by atoms with van der Waals surface area (Å²) in [5.74, 6) is 0.